The molecule has 216 valence electrons. The third-order valence-electron chi connectivity index (χ3n) is 7.64. The van der Waals surface area contributed by atoms with Crippen molar-refractivity contribution in [1.82, 2.24) is 39.3 Å². The maximum absolute atomic E-state index is 12.3. The second-order valence-electron chi connectivity index (χ2n) is 9.83. The topological polar surface area (TPSA) is 214 Å². The van der Waals surface area contributed by atoms with Crippen LogP contribution < -0.4 is 29.6 Å². The standard InChI is InChI=1S/C11H15N5O2.C10H13N5O6S.Na/c1-6(13-18)9-10-7(4-12-15(10)3)8-5-16(9)11(17)14(8)2;1-5(12-17)8-9-6(3-11-13(9)2)7-4-14(8)10(16)15(7)21-22(18,19)20;/h4,8-9,18H,5H2,1-3H3;3,7-8,17H,4H2,1-2H3,(H,18,19,20);/q;;+1/p-1/b13-6+;12-5+;/t8-,9+;7-,8+;/m00./s1. The van der Waals surface area contributed by atoms with E-state index in [0.717, 1.165) is 11.3 Å². The van der Waals surface area contributed by atoms with Crippen LogP contribution in [0.4, 0.5) is 9.59 Å². The van der Waals surface area contributed by atoms with Gasteiger partial charge in [-0.1, -0.05) is 10.3 Å². The molecule has 6 heterocycles. The summed E-state index contributed by atoms with van der Waals surface area (Å²) in [5.41, 5.74) is 3.79. The monoisotopic (exact) mass is 602 g/mol. The van der Waals surface area contributed by atoms with Crippen LogP contribution in [-0.4, -0.2) is 106 Å². The Hall–Kier alpha value is -3.23. The predicted molar refractivity (Wildman–Crippen MR) is 132 cm³/mol. The third-order valence-corrected chi connectivity index (χ3v) is 7.98. The first-order valence-electron chi connectivity index (χ1n) is 12.0. The van der Waals surface area contributed by atoms with E-state index in [0.29, 0.717) is 28.6 Å². The molecule has 0 aliphatic carbocycles. The van der Waals surface area contributed by atoms with Gasteiger partial charge in [0, 0.05) is 38.8 Å². The van der Waals surface area contributed by atoms with Gasteiger partial charge in [-0.05, 0) is 13.8 Å². The molecule has 4 amide bonds. The van der Waals surface area contributed by atoms with Crippen LogP contribution in [0.25, 0.3) is 0 Å². The quantitative estimate of drug-likeness (QED) is 0.0918. The van der Waals surface area contributed by atoms with Crippen LogP contribution in [0.15, 0.2) is 22.7 Å². The molecular weight excluding hydrogens is 575 g/mol. The minimum absolute atomic E-state index is 0. The van der Waals surface area contributed by atoms with Crippen molar-refractivity contribution in [1.29, 1.82) is 0 Å². The Morgan fingerprint density at radius 2 is 1.34 bits per heavy atom. The van der Waals surface area contributed by atoms with Crippen LogP contribution in [0.3, 0.4) is 0 Å². The van der Waals surface area contributed by atoms with Crippen molar-refractivity contribution in [3.8, 4) is 0 Å². The van der Waals surface area contributed by atoms with Gasteiger partial charge in [-0.25, -0.2) is 18.0 Å². The summed E-state index contributed by atoms with van der Waals surface area (Å²) in [5, 5.41) is 33.3. The minimum atomic E-state index is -5.10. The van der Waals surface area contributed by atoms with Crippen molar-refractivity contribution >= 4 is 33.9 Å². The van der Waals surface area contributed by atoms with E-state index < -0.39 is 28.5 Å². The van der Waals surface area contributed by atoms with Crippen LogP contribution in [0.5, 0.6) is 0 Å². The van der Waals surface area contributed by atoms with Gasteiger partial charge in [0.25, 0.3) is 0 Å². The van der Waals surface area contributed by atoms with Gasteiger partial charge in [0.2, 0.25) is 10.4 Å². The molecule has 4 atom stereocenters. The molecule has 2 fully saturated rings. The number of amides is 4. The number of hydrogen-bond donors (Lipinski definition) is 2. The van der Waals surface area contributed by atoms with Crippen molar-refractivity contribution in [3.05, 3.63) is 34.9 Å². The summed E-state index contributed by atoms with van der Waals surface area (Å²) >= 11 is 0. The first kappa shape index (κ1) is 30.7. The van der Waals surface area contributed by atoms with Gasteiger partial charge in [-0.15, -0.1) is 0 Å². The van der Waals surface area contributed by atoms with Crippen LogP contribution >= 0.6 is 0 Å². The number of hydrogen-bond acceptors (Lipinski definition) is 12. The summed E-state index contributed by atoms with van der Waals surface area (Å²) in [7, 11) is 0.174. The van der Waals surface area contributed by atoms with Gasteiger partial charge in [0.15, 0.2) is 0 Å². The Morgan fingerprint density at radius 3 is 1.80 bits per heavy atom. The molecule has 4 bridgehead atoms. The van der Waals surface area contributed by atoms with E-state index in [9.17, 15) is 22.6 Å². The van der Waals surface area contributed by atoms with E-state index in [1.54, 1.807) is 41.7 Å². The van der Waals surface area contributed by atoms with Crippen LogP contribution in [-0.2, 0) is 28.8 Å². The molecule has 4 aliphatic heterocycles. The van der Waals surface area contributed by atoms with Gasteiger partial charge >= 0.3 is 41.6 Å². The number of urea groups is 2. The second-order valence-corrected chi connectivity index (χ2v) is 10.8. The first-order valence-corrected chi connectivity index (χ1v) is 13.3. The fourth-order valence-electron chi connectivity index (χ4n) is 5.83. The molecule has 4 aliphatic rings. The van der Waals surface area contributed by atoms with E-state index in [-0.39, 0.29) is 59.9 Å². The van der Waals surface area contributed by atoms with Gasteiger partial charge in [-0.3, -0.25) is 9.36 Å². The summed E-state index contributed by atoms with van der Waals surface area (Å²) in [6, 6.07) is -2.62. The van der Waals surface area contributed by atoms with Crippen LogP contribution in [0.1, 0.15) is 60.5 Å². The fraction of sp³-hybridized carbons (Fsp3) is 0.524. The molecular formula is C21H27N10NaO8S. The Bertz CT molecular complexity index is 1550. The smallest absolute Gasteiger partial charge is 0.724 e. The number of fused-ring (bicyclic) bond motifs is 8. The number of carbonyl (C=O) groups is 2. The largest absolute Gasteiger partial charge is 1.00 e. The predicted octanol–water partition coefficient (Wildman–Crippen LogP) is -2.77. The van der Waals surface area contributed by atoms with E-state index in [1.165, 1.54) is 22.7 Å². The minimum Gasteiger partial charge on any atom is -0.724 e. The molecule has 2 aromatic rings. The van der Waals surface area contributed by atoms with Gasteiger partial charge in [0.1, 0.15) is 18.1 Å². The molecule has 41 heavy (non-hydrogen) atoms. The molecule has 2 saturated heterocycles. The SMILES string of the molecule is C/C(=N\O)[C@@H]1c2c(cnn2C)[C@@H]2CN1C(=O)N2C.C/C(=N\O)[C@@H]1c2c(cnn2C)[C@@H]2CN1C(=O)N2OS(=O)(=O)[O-].[Na+]. The van der Waals surface area contributed by atoms with Gasteiger partial charge in [0.05, 0.1) is 47.8 Å². The normalized spacial score (nSPS) is 25.1. The molecule has 20 heteroatoms. The number of oxime groups is 2. The molecule has 0 aromatic carbocycles. The first-order chi connectivity index (χ1) is 18.8. The average Bonchev–Trinajstić information content (AvgIpc) is 3.62. The third kappa shape index (κ3) is 4.85. The molecule has 0 spiro atoms. The summed E-state index contributed by atoms with van der Waals surface area (Å²) in [5.74, 6) is 0. The molecule has 6 rings (SSSR count). The molecule has 0 saturated carbocycles. The number of aryl methyl sites for hydroxylation is 2. The Balaban J connectivity index is 0.000000188. The Labute approximate surface area is 256 Å². The van der Waals surface area contributed by atoms with E-state index in [1.807, 2.05) is 7.05 Å². The number of carbonyl (C=O) groups excluding carboxylic acids is 2. The summed E-state index contributed by atoms with van der Waals surface area (Å²) in [4.78, 5) is 29.2. The van der Waals surface area contributed by atoms with E-state index in [4.69, 9.17) is 10.4 Å². The summed E-state index contributed by atoms with van der Waals surface area (Å²) < 4.78 is 40.0. The van der Waals surface area contributed by atoms with Crippen molar-refractivity contribution < 1.29 is 66.8 Å². The second kappa shape index (κ2) is 10.9. The summed E-state index contributed by atoms with van der Waals surface area (Å²) in [6.45, 7) is 3.94. The molecule has 0 unspecified atom stereocenters. The zero-order valence-electron chi connectivity index (χ0n) is 23.1. The number of likely N-dealkylation sites (N-methyl/N-ethyl adjacent to an activating group) is 1. The van der Waals surface area contributed by atoms with Crippen molar-refractivity contribution in [3.63, 3.8) is 0 Å². The number of hydroxylamine groups is 2. The number of aromatic nitrogens is 4. The maximum atomic E-state index is 12.3. The Morgan fingerprint density at radius 1 is 0.902 bits per heavy atom. The fourth-order valence-corrected chi connectivity index (χ4v) is 6.19. The zero-order valence-corrected chi connectivity index (χ0v) is 25.9. The molecule has 2 aromatic heterocycles. The molecule has 2 N–H and O–H groups in total. The summed E-state index contributed by atoms with van der Waals surface area (Å²) in [6.07, 6.45) is 3.26. The van der Waals surface area contributed by atoms with Gasteiger partial charge in [-0.2, -0.15) is 19.5 Å². The van der Waals surface area contributed by atoms with Crippen LogP contribution in [0, 0.1) is 0 Å². The van der Waals surface area contributed by atoms with Gasteiger partial charge < -0.3 is 29.7 Å². The van der Waals surface area contributed by atoms with E-state index in [2.05, 4.69) is 24.8 Å². The molecule has 0 radical (unpaired) electrons. The van der Waals surface area contributed by atoms with Crippen LogP contribution in [0.2, 0.25) is 0 Å². The maximum Gasteiger partial charge on any atom is 1.00 e. The zero-order chi connectivity index (χ0) is 29.3. The Kier molecular flexibility index (Phi) is 8.15. The van der Waals surface area contributed by atoms with Crippen molar-refractivity contribution in [2.45, 2.75) is 38.0 Å². The number of rotatable bonds is 4. The number of nitrogens with zero attached hydrogens (tertiary/aromatic N) is 10. The molecule has 18 nitrogen and oxygen atoms in total. The van der Waals surface area contributed by atoms with Crippen molar-refractivity contribution in [2.24, 2.45) is 24.4 Å². The average molecular weight is 603 g/mol. The van der Waals surface area contributed by atoms with E-state index >= 15 is 0 Å². The van der Waals surface area contributed by atoms with Crippen molar-refractivity contribution in [2.75, 3.05) is 20.1 Å².